The molecule has 0 aliphatic rings. The van der Waals surface area contributed by atoms with Crippen LogP contribution in [-0.2, 0) is 4.79 Å². The van der Waals surface area contributed by atoms with Crippen LogP contribution in [0.4, 0.5) is 0 Å². The molecule has 0 aliphatic carbocycles. The lowest BCUT2D eigenvalue weighted by Gasteiger charge is -2.20. The van der Waals surface area contributed by atoms with Gasteiger partial charge in [0.25, 0.3) is 0 Å². The first kappa shape index (κ1) is 15.7. The highest BCUT2D eigenvalue weighted by Crippen LogP contribution is 2.20. The van der Waals surface area contributed by atoms with Crippen LogP contribution in [-0.4, -0.2) is 17.6 Å². The molecule has 0 bridgehead atoms. The molecule has 1 amide bonds. The number of amides is 1. The Morgan fingerprint density at radius 2 is 1.71 bits per heavy atom. The summed E-state index contributed by atoms with van der Waals surface area (Å²) in [6, 6.07) is 16.8. The van der Waals surface area contributed by atoms with E-state index in [4.69, 9.17) is 0 Å². The van der Waals surface area contributed by atoms with Gasteiger partial charge in [-0.3, -0.25) is 4.79 Å². The van der Waals surface area contributed by atoms with Crippen molar-refractivity contribution in [2.45, 2.75) is 18.9 Å². The van der Waals surface area contributed by atoms with Gasteiger partial charge in [0.2, 0.25) is 5.91 Å². The molecule has 0 fully saturated rings. The van der Waals surface area contributed by atoms with E-state index in [-0.39, 0.29) is 24.5 Å². The summed E-state index contributed by atoms with van der Waals surface area (Å²) in [5.74, 6) is -0.365. The van der Waals surface area contributed by atoms with Gasteiger partial charge in [-0.15, -0.1) is 0 Å². The summed E-state index contributed by atoms with van der Waals surface area (Å²) in [6.07, 6.45) is 0. The van der Waals surface area contributed by atoms with Crippen LogP contribution >= 0.6 is 15.9 Å². The minimum absolute atomic E-state index is 0.0970. The standard InChI is InChI=1S/C17H18BrNO2/c1-12(13-7-9-15(18)10-8-13)17(21)19-16(11-20)14-5-3-2-4-6-14/h2-10,12,16,20H,11H2,1H3,(H,19,21). The molecule has 2 unspecified atom stereocenters. The van der Waals surface area contributed by atoms with Gasteiger partial charge >= 0.3 is 0 Å². The van der Waals surface area contributed by atoms with Crippen LogP contribution in [0.2, 0.25) is 0 Å². The van der Waals surface area contributed by atoms with E-state index in [0.717, 1.165) is 15.6 Å². The molecule has 2 atom stereocenters. The molecule has 0 radical (unpaired) electrons. The zero-order valence-electron chi connectivity index (χ0n) is 11.8. The lowest BCUT2D eigenvalue weighted by Crippen LogP contribution is -2.33. The number of rotatable bonds is 5. The predicted molar refractivity (Wildman–Crippen MR) is 87.0 cm³/mol. The Hall–Kier alpha value is -1.65. The van der Waals surface area contributed by atoms with Crippen LogP contribution in [0.3, 0.4) is 0 Å². The van der Waals surface area contributed by atoms with Crippen molar-refractivity contribution in [3.63, 3.8) is 0 Å². The van der Waals surface area contributed by atoms with Crippen LogP contribution < -0.4 is 5.32 Å². The summed E-state index contributed by atoms with van der Waals surface area (Å²) in [7, 11) is 0. The lowest BCUT2D eigenvalue weighted by molar-refractivity contribution is -0.123. The zero-order chi connectivity index (χ0) is 15.2. The highest BCUT2D eigenvalue weighted by atomic mass is 79.9. The summed E-state index contributed by atoms with van der Waals surface area (Å²) in [6.45, 7) is 1.74. The minimum atomic E-state index is -0.378. The fourth-order valence-corrected chi connectivity index (χ4v) is 2.38. The van der Waals surface area contributed by atoms with E-state index in [9.17, 15) is 9.90 Å². The largest absolute Gasteiger partial charge is 0.394 e. The number of carbonyl (C=O) groups is 1. The van der Waals surface area contributed by atoms with Crippen molar-refractivity contribution in [2.75, 3.05) is 6.61 Å². The van der Waals surface area contributed by atoms with E-state index in [1.165, 1.54) is 0 Å². The quantitative estimate of drug-likeness (QED) is 0.870. The number of benzene rings is 2. The van der Waals surface area contributed by atoms with Crippen molar-refractivity contribution in [1.29, 1.82) is 0 Å². The molecule has 2 rings (SSSR count). The van der Waals surface area contributed by atoms with Crippen LogP contribution in [0.5, 0.6) is 0 Å². The SMILES string of the molecule is CC(C(=O)NC(CO)c1ccccc1)c1ccc(Br)cc1. The minimum Gasteiger partial charge on any atom is -0.394 e. The third kappa shape index (κ3) is 4.16. The van der Waals surface area contributed by atoms with Gasteiger partial charge in [-0.2, -0.15) is 0 Å². The van der Waals surface area contributed by atoms with Crippen LogP contribution in [0.25, 0.3) is 0 Å². The number of hydrogen-bond donors (Lipinski definition) is 2. The Balaban J connectivity index is 2.07. The average molecular weight is 348 g/mol. The van der Waals surface area contributed by atoms with Gasteiger partial charge < -0.3 is 10.4 Å². The third-order valence-electron chi connectivity index (χ3n) is 3.46. The Bertz CT molecular complexity index is 583. The van der Waals surface area contributed by atoms with E-state index < -0.39 is 0 Å². The molecule has 21 heavy (non-hydrogen) atoms. The van der Waals surface area contributed by atoms with E-state index in [1.54, 1.807) is 0 Å². The third-order valence-corrected chi connectivity index (χ3v) is 3.99. The molecule has 0 aromatic heterocycles. The Morgan fingerprint density at radius 3 is 2.29 bits per heavy atom. The molecule has 3 nitrogen and oxygen atoms in total. The van der Waals surface area contributed by atoms with Gasteiger partial charge in [0, 0.05) is 4.47 Å². The Labute approximate surface area is 133 Å². The van der Waals surface area contributed by atoms with Crippen LogP contribution in [0.1, 0.15) is 30.0 Å². The van der Waals surface area contributed by atoms with Crippen molar-refractivity contribution in [3.05, 3.63) is 70.2 Å². The maximum absolute atomic E-state index is 12.3. The number of hydrogen-bond acceptors (Lipinski definition) is 2. The molecule has 2 aromatic carbocycles. The van der Waals surface area contributed by atoms with Gasteiger partial charge in [-0.1, -0.05) is 58.4 Å². The Kier molecular flexibility index (Phi) is 5.53. The summed E-state index contributed by atoms with van der Waals surface area (Å²) in [5.41, 5.74) is 1.84. The Morgan fingerprint density at radius 1 is 1.10 bits per heavy atom. The van der Waals surface area contributed by atoms with Crippen molar-refractivity contribution in [1.82, 2.24) is 5.32 Å². The zero-order valence-corrected chi connectivity index (χ0v) is 13.4. The van der Waals surface area contributed by atoms with Crippen LogP contribution in [0, 0.1) is 0 Å². The smallest absolute Gasteiger partial charge is 0.227 e. The molecule has 0 heterocycles. The van der Waals surface area contributed by atoms with Crippen molar-refractivity contribution >= 4 is 21.8 Å². The van der Waals surface area contributed by atoms with E-state index in [1.807, 2.05) is 61.5 Å². The lowest BCUT2D eigenvalue weighted by atomic mass is 9.99. The normalized spacial score (nSPS) is 13.5. The van der Waals surface area contributed by atoms with Gasteiger partial charge in [0.05, 0.1) is 18.6 Å². The summed E-state index contributed by atoms with van der Waals surface area (Å²) in [5, 5.41) is 12.4. The summed E-state index contributed by atoms with van der Waals surface area (Å²) < 4.78 is 0.983. The first-order valence-electron chi connectivity index (χ1n) is 6.83. The molecule has 4 heteroatoms. The molecule has 110 valence electrons. The maximum atomic E-state index is 12.3. The molecule has 0 saturated carbocycles. The molecule has 0 aliphatic heterocycles. The number of aliphatic hydroxyl groups excluding tert-OH is 1. The monoisotopic (exact) mass is 347 g/mol. The van der Waals surface area contributed by atoms with Crippen molar-refractivity contribution in [3.8, 4) is 0 Å². The summed E-state index contributed by atoms with van der Waals surface area (Å²) in [4.78, 5) is 12.3. The topological polar surface area (TPSA) is 49.3 Å². The molecule has 2 N–H and O–H groups in total. The molecule has 0 spiro atoms. The van der Waals surface area contributed by atoms with Gasteiger partial charge in [-0.05, 0) is 30.2 Å². The average Bonchev–Trinajstić information content (AvgIpc) is 2.53. The van der Waals surface area contributed by atoms with Crippen LogP contribution in [0.15, 0.2) is 59.1 Å². The fraction of sp³-hybridized carbons (Fsp3) is 0.235. The van der Waals surface area contributed by atoms with E-state index in [2.05, 4.69) is 21.2 Å². The van der Waals surface area contributed by atoms with Gasteiger partial charge in [0.15, 0.2) is 0 Å². The molecular formula is C17H18BrNO2. The number of carbonyl (C=O) groups excluding carboxylic acids is 1. The van der Waals surface area contributed by atoms with Gasteiger partial charge in [-0.25, -0.2) is 0 Å². The highest BCUT2D eigenvalue weighted by Gasteiger charge is 2.19. The predicted octanol–water partition coefficient (Wildman–Crippen LogP) is 3.40. The van der Waals surface area contributed by atoms with Crippen molar-refractivity contribution < 1.29 is 9.90 Å². The second-order valence-corrected chi connectivity index (χ2v) is 5.84. The van der Waals surface area contributed by atoms with Crippen molar-refractivity contribution in [2.24, 2.45) is 0 Å². The molecular weight excluding hydrogens is 330 g/mol. The molecule has 2 aromatic rings. The summed E-state index contributed by atoms with van der Waals surface area (Å²) >= 11 is 3.38. The maximum Gasteiger partial charge on any atom is 0.227 e. The molecule has 0 saturated heterocycles. The fourth-order valence-electron chi connectivity index (χ4n) is 2.12. The first-order valence-corrected chi connectivity index (χ1v) is 7.62. The number of aliphatic hydroxyl groups is 1. The van der Waals surface area contributed by atoms with E-state index in [0.29, 0.717) is 0 Å². The van der Waals surface area contributed by atoms with Gasteiger partial charge in [0.1, 0.15) is 0 Å². The highest BCUT2D eigenvalue weighted by molar-refractivity contribution is 9.10. The second-order valence-electron chi connectivity index (χ2n) is 4.93. The first-order chi connectivity index (χ1) is 10.1. The van der Waals surface area contributed by atoms with E-state index >= 15 is 0 Å². The number of halogens is 1. The number of nitrogens with one attached hydrogen (secondary N) is 1. The second kappa shape index (κ2) is 7.38.